The van der Waals surface area contributed by atoms with E-state index in [0.29, 0.717) is 0 Å². The fourth-order valence-corrected chi connectivity index (χ4v) is 4.68. The molecule has 1 unspecified atom stereocenters. The maximum atomic E-state index is 5.60. The quantitative estimate of drug-likeness (QED) is 0.816. The molecular weight excluding hydrogens is 368 g/mol. The van der Waals surface area contributed by atoms with Gasteiger partial charge in [-0.1, -0.05) is 6.42 Å². The predicted octanol–water partition coefficient (Wildman–Crippen LogP) is 2.64. The van der Waals surface area contributed by atoms with Crippen LogP contribution in [0.2, 0.25) is 0 Å². The summed E-state index contributed by atoms with van der Waals surface area (Å²) in [6.45, 7) is 2.86. The minimum atomic E-state index is 0.828. The molecule has 1 aliphatic heterocycles. The van der Waals surface area contributed by atoms with Gasteiger partial charge in [-0.25, -0.2) is 0 Å². The van der Waals surface area contributed by atoms with Crippen molar-refractivity contribution in [2.75, 3.05) is 7.05 Å². The molecule has 7 heteroatoms. The number of thiophene rings is 1. The van der Waals surface area contributed by atoms with Crippen LogP contribution in [0.4, 0.5) is 0 Å². The highest BCUT2D eigenvalue weighted by atomic mass is 79.9. The van der Waals surface area contributed by atoms with Crippen molar-refractivity contribution in [3.8, 4) is 0 Å². The SMILES string of the molecule is C[NH+](Cc1ccc(Br)s1)Cn1nc2n(c1=S)CCCCC2. The van der Waals surface area contributed by atoms with Crippen LogP contribution in [0.25, 0.3) is 0 Å². The molecular formula is C14H20BrN4S2+. The van der Waals surface area contributed by atoms with Gasteiger partial charge in [-0.2, -0.15) is 9.78 Å². The maximum absolute atomic E-state index is 5.60. The highest BCUT2D eigenvalue weighted by molar-refractivity contribution is 9.11. The molecule has 0 spiro atoms. The second-order valence-corrected chi connectivity index (χ2v) is 8.57. The van der Waals surface area contributed by atoms with E-state index >= 15 is 0 Å². The summed E-state index contributed by atoms with van der Waals surface area (Å²) < 4.78 is 6.32. The van der Waals surface area contributed by atoms with Crippen LogP contribution in [0.3, 0.4) is 0 Å². The molecule has 0 aliphatic carbocycles. The molecule has 0 saturated carbocycles. The Kier molecular flexibility index (Phi) is 4.93. The Labute approximate surface area is 142 Å². The van der Waals surface area contributed by atoms with Gasteiger partial charge in [0.2, 0.25) is 4.77 Å². The van der Waals surface area contributed by atoms with Crippen molar-refractivity contribution in [2.45, 2.75) is 45.4 Å². The Morgan fingerprint density at radius 1 is 1.38 bits per heavy atom. The van der Waals surface area contributed by atoms with E-state index in [-0.39, 0.29) is 0 Å². The van der Waals surface area contributed by atoms with Gasteiger partial charge in [0.1, 0.15) is 12.4 Å². The lowest BCUT2D eigenvalue weighted by Gasteiger charge is -2.12. The Bertz CT molecular complexity index is 673. The number of aryl methyl sites for hydroxylation is 1. The third-order valence-corrected chi connectivity index (χ3v) is 5.86. The smallest absolute Gasteiger partial charge is 0.202 e. The van der Waals surface area contributed by atoms with Gasteiger partial charge >= 0.3 is 0 Å². The molecule has 21 heavy (non-hydrogen) atoms. The summed E-state index contributed by atoms with van der Waals surface area (Å²) in [5.41, 5.74) is 0. The topological polar surface area (TPSA) is 27.2 Å². The largest absolute Gasteiger partial charge is 0.314 e. The number of hydrogen-bond acceptors (Lipinski definition) is 3. The van der Waals surface area contributed by atoms with Crippen LogP contribution in [0.1, 0.15) is 30.0 Å². The van der Waals surface area contributed by atoms with Crippen LogP contribution in [0.5, 0.6) is 0 Å². The Morgan fingerprint density at radius 3 is 3.00 bits per heavy atom. The van der Waals surface area contributed by atoms with Crippen LogP contribution < -0.4 is 4.90 Å². The molecule has 0 bridgehead atoms. The molecule has 0 amide bonds. The molecule has 3 rings (SSSR count). The van der Waals surface area contributed by atoms with Crippen molar-refractivity contribution in [1.29, 1.82) is 0 Å². The van der Waals surface area contributed by atoms with E-state index < -0.39 is 0 Å². The van der Waals surface area contributed by atoms with Gasteiger partial charge in [0, 0.05) is 13.0 Å². The fraction of sp³-hybridized carbons (Fsp3) is 0.571. The molecule has 1 atom stereocenters. The van der Waals surface area contributed by atoms with Crippen LogP contribution in [-0.2, 0) is 26.2 Å². The average Bonchev–Trinajstić information content (AvgIpc) is 2.86. The molecule has 0 fully saturated rings. The average molecular weight is 388 g/mol. The molecule has 0 saturated heterocycles. The summed E-state index contributed by atoms with van der Waals surface area (Å²) in [6, 6.07) is 4.29. The normalized spacial score (nSPS) is 16.5. The van der Waals surface area contributed by atoms with Crippen LogP contribution >= 0.6 is 39.5 Å². The Morgan fingerprint density at radius 2 is 2.24 bits per heavy atom. The first kappa shape index (κ1) is 15.4. The van der Waals surface area contributed by atoms with Crippen molar-refractivity contribution >= 4 is 39.5 Å². The molecule has 2 aromatic heterocycles. The molecule has 2 aromatic rings. The van der Waals surface area contributed by atoms with E-state index in [9.17, 15) is 0 Å². The summed E-state index contributed by atoms with van der Waals surface area (Å²) in [5, 5.41) is 4.75. The molecule has 4 nitrogen and oxygen atoms in total. The van der Waals surface area contributed by atoms with Crippen molar-refractivity contribution in [2.24, 2.45) is 0 Å². The van der Waals surface area contributed by atoms with Crippen molar-refractivity contribution in [1.82, 2.24) is 14.3 Å². The van der Waals surface area contributed by atoms with Gasteiger partial charge in [0.05, 0.1) is 15.7 Å². The number of nitrogens with one attached hydrogen (secondary N) is 1. The zero-order chi connectivity index (χ0) is 14.8. The van der Waals surface area contributed by atoms with Crippen LogP contribution in [-0.4, -0.2) is 21.4 Å². The van der Waals surface area contributed by atoms with E-state index in [1.165, 1.54) is 38.7 Å². The van der Waals surface area contributed by atoms with Crippen molar-refractivity contribution in [3.05, 3.63) is 31.4 Å². The molecule has 3 heterocycles. The van der Waals surface area contributed by atoms with E-state index in [2.05, 4.69) is 39.7 Å². The number of hydrogen-bond donors (Lipinski definition) is 1. The highest BCUT2D eigenvalue weighted by Crippen LogP contribution is 2.21. The van der Waals surface area contributed by atoms with Gasteiger partial charge in [-0.15, -0.1) is 11.3 Å². The number of fused-ring (bicyclic) bond motifs is 1. The lowest BCUT2D eigenvalue weighted by atomic mass is 10.2. The molecule has 1 aliphatic rings. The van der Waals surface area contributed by atoms with E-state index in [1.807, 2.05) is 4.68 Å². The number of halogens is 1. The highest BCUT2D eigenvalue weighted by Gasteiger charge is 2.15. The number of nitrogens with zero attached hydrogens (tertiary/aromatic N) is 3. The van der Waals surface area contributed by atoms with E-state index in [1.54, 1.807) is 11.3 Å². The van der Waals surface area contributed by atoms with Gasteiger partial charge < -0.3 is 9.47 Å². The molecule has 1 N–H and O–H groups in total. The Hall–Kier alpha value is -0.500. The van der Waals surface area contributed by atoms with Gasteiger partial charge in [-0.3, -0.25) is 0 Å². The van der Waals surface area contributed by atoms with Crippen molar-refractivity contribution in [3.63, 3.8) is 0 Å². The fourth-order valence-electron chi connectivity index (χ4n) is 2.78. The molecule has 0 aromatic carbocycles. The first-order chi connectivity index (χ1) is 10.1. The van der Waals surface area contributed by atoms with Crippen LogP contribution in [0.15, 0.2) is 15.9 Å². The zero-order valence-electron chi connectivity index (χ0n) is 12.1. The first-order valence-corrected chi connectivity index (χ1v) is 9.37. The minimum absolute atomic E-state index is 0.828. The monoisotopic (exact) mass is 387 g/mol. The summed E-state index contributed by atoms with van der Waals surface area (Å²) in [6.07, 6.45) is 4.81. The zero-order valence-corrected chi connectivity index (χ0v) is 15.4. The van der Waals surface area contributed by atoms with Crippen LogP contribution in [0, 0.1) is 4.77 Å². The van der Waals surface area contributed by atoms with Gasteiger partial charge in [0.15, 0.2) is 6.67 Å². The first-order valence-electron chi connectivity index (χ1n) is 7.35. The van der Waals surface area contributed by atoms with Gasteiger partial charge in [0.25, 0.3) is 0 Å². The predicted molar refractivity (Wildman–Crippen MR) is 91.2 cm³/mol. The summed E-state index contributed by atoms with van der Waals surface area (Å²) in [7, 11) is 2.19. The van der Waals surface area contributed by atoms with Crippen molar-refractivity contribution < 1.29 is 4.90 Å². The van der Waals surface area contributed by atoms with E-state index in [4.69, 9.17) is 17.3 Å². The number of rotatable bonds is 4. The summed E-state index contributed by atoms with van der Waals surface area (Å²) >= 11 is 10.9. The van der Waals surface area contributed by atoms with Gasteiger partial charge in [-0.05, 0) is 53.1 Å². The molecule has 114 valence electrons. The third kappa shape index (κ3) is 3.64. The summed E-state index contributed by atoms with van der Waals surface area (Å²) in [5.74, 6) is 1.17. The summed E-state index contributed by atoms with van der Waals surface area (Å²) in [4.78, 5) is 2.78. The second kappa shape index (κ2) is 6.73. The lowest BCUT2D eigenvalue weighted by molar-refractivity contribution is -0.917. The maximum Gasteiger partial charge on any atom is 0.202 e. The lowest BCUT2D eigenvalue weighted by Crippen LogP contribution is -3.06. The number of quaternary nitrogens is 1. The number of aromatic nitrogens is 3. The minimum Gasteiger partial charge on any atom is -0.314 e. The standard InChI is InChI=1S/C14H19BrN4S2/c1-17(9-11-6-7-12(15)21-11)10-19-14(20)18-8-4-2-3-5-13(18)16-19/h6-7H,2-5,8-10H2,1H3/p+1. The third-order valence-electron chi connectivity index (χ3n) is 3.81. The van der Waals surface area contributed by atoms with E-state index in [0.717, 1.165) is 31.0 Å². The second-order valence-electron chi connectivity index (χ2n) is 5.66. The molecule has 0 radical (unpaired) electrons. The Balaban J connectivity index is 1.71.